The van der Waals surface area contributed by atoms with Gasteiger partial charge < -0.3 is 14.6 Å². The van der Waals surface area contributed by atoms with Crippen molar-refractivity contribution in [2.45, 2.75) is 6.10 Å². The summed E-state index contributed by atoms with van der Waals surface area (Å²) in [6, 6.07) is 12.9. The van der Waals surface area contributed by atoms with Crippen molar-refractivity contribution >= 4 is 15.9 Å². The molecule has 1 N–H and O–H groups in total. The van der Waals surface area contributed by atoms with Crippen molar-refractivity contribution in [3.63, 3.8) is 0 Å². The highest BCUT2D eigenvalue weighted by atomic mass is 79.9. The molecule has 2 aromatic rings. The predicted octanol–water partition coefficient (Wildman–Crippen LogP) is 3.55. The fraction of sp³-hybridized carbons (Fsp3) is 0.200. The Balaban J connectivity index is 2.47. The highest BCUT2D eigenvalue weighted by molar-refractivity contribution is 9.10. The monoisotopic (exact) mass is 322 g/mol. The lowest BCUT2D eigenvalue weighted by Crippen LogP contribution is -2.05. The van der Waals surface area contributed by atoms with E-state index in [1.807, 2.05) is 30.3 Å². The van der Waals surface area contributed by atoms with Crippen molar-refractivity contribution in [1.82, 2.24) is 0 Å². The van der Waals surface area contributed by atoms with Crippen LogP contribution in [0.15, 0.2) is 46.9 Å². The number of ether oxygens (including phenoxy) is 2. The number of aliphatic hydroxyl groups is 1. The van der Waals surface area contributed by atoms with E-state index in [1.165, 1.54) is 0 Å². The van der Waals surface area contributed by atoms with Gasteiger partial charge in [0.25, 0.3) is 0 Å². The van der Waals surface area contributed by atoms with Gasteiger partial charge in [0.2, 0.25) is 0 Å². The minimum atomic E-state index is -0.792. The third-order valence-electron chi connectivity index (χ3n) is 2.93. The van der Waals surface area contributed by atoms with Crippen molar-refractivity contribution < 1.29 is 14.6 Å². The quantitative estimate of drug-likeness (QED) is 0.935. The van der Waals surface area contributed by atoms with Crippen LogP contribution in [0.2, 0.25) is 0 Å². The second-order valence-electron chi connectivity index (χ2n) is 4.03. The lowest BCUT2D eigenvalue weighted by molar-refractivity contribution is 0.209. The zero-order chi connectivity index (χ0) is 13.8. The van der Waals surface area contributed by atoms with E-state index in [0.717, 1.165) is 10.0 Å². The molecule has 1 unspecified atom stereocenters. The molecule has 0 saturated heterocycles. The van der Waals surface area contributed by atoms with Gasteiger partial charge in [-0.1, -0.05) is 34.1 Å². The van der Waals surface area contributed by atoms with Crippen molar-refractivity contribution in [1.29, 1.82) is 0 Å². The summed E-state index contributed by atoms with van der Waals surface area (Å²) >= 11 is 3.38. The average molecular weight is 323 g/mol. The Morgan fingerprint density at radius 1 is 0.947 bits per heavy atom. The molecular formula is C15H15BrO3. The number of hydrogen-bond donors (Lipinski definition) is 1. The van der Waals surface area contributed by atoms with Crippen molar-refractivity contribution in [3.8, 4) is 11.5 Å². The van der Waals surface area contributed by atoms with E-state index in [1.54, 1.807) is 26.4 Å². The van der Waals surface area contributed by atoms with Gasteiger partial charge >= 0.3 is 0 Å². The Hall–Kier alpha value is -1.52. The van der Waals surface area contributed by atoms with E-state index in [0.29, 0.717) is 17.1 Å². The summed E-state index contributed by atoms with van der Waals surface area (Å²) in [6.07, 6.45) is -0.792. The Labute approximate surface area is 120 Å². The van der Waals surface area contributed by atoms with Crippen molar-refractivity contribution in [2.24, 2.45) is 0 Å². The third kappa shape index (κ3) is 2.91. The van der Waals surface area contributed by atoms with Crippen LogP contribution in [0, 0.1) is 0 Å². The minimum Gasteiger partial charge on any atom is -0.496 e. The van der Waals surface area contributed by atoms with Crippen LogP contribution in [0.5, 0.6) is 11.5 Å². The van der Waals surface area contributed by atoms with Crippen LogP contribution in [-0.2, 0) is 0 Å². The molecule has 0 saturated carbocycles. The van der Waals surface area contributed by atoms with Gasteiger partial charge in [-0.05, 0) is 29.8 Å². The Bertz CT molecular complexity index is 530. The maximum atomic E-state index is 10.5. The molecule has 0 aliphatic rings. The van der Waals surface area contributed by atoms with Gasteiger partial charge in [0.1, 0.15) is 17.6 Å². The van der Waals surface area contributed by atoms with E-state index >= 15 is 0 Å². The molecular weight excluding hydrogens is 308 g/mol. The molecule has 0 amide bonds. The third-order valence-corrected chi connectivity index (χ3v) is 3.45. The van der Waals surface area contributed by atoms with Gasteiger partial charge in [-0.2, -0.15) is 0 Å². The second kappa shape index (κ2) is 6.08. The van der Waals surface area contributed by atoms with Crippen LogP contribution in [0.3, 0.4) is 0 Å². The number of rotatable bonds is 4. The van der Waals surface area contributed by atoms with E-state index < -0.39 is 6.10 Å². The molecule has 2 rings (SSSR count). The fourth-order valence-corrected chi connectivity index (χ4v) is 2.23. The van der Waals surface area contributed by atoms with Gasteiger partial charge in [-0.3, -0.25) is 0 Å². The predicted molar refractivity (Wildman–Crippen MR) is 77.7 cm³/mol. The average Bonchev–Trinajstić information content (AvgIpc) is 2.46. The molecule has 0 aliphatic carbocycles. The Morgan fingerprint density at radius 2 is 1.47 bits per heavy atom. The molecule has 2 aromatic carbocycles. The SMILES string of the molecule is COc1cccc(OC)c1C(O)c1ccc(Br)cc1. The molecule has 19 heavy (non-hydrogen) atoms. The number of aliphatic hydroxyl groups excluding tert-OH is 1. The molecule has 0 aromatic heterocycles. The zero-order valence-electron chi connectivity index (χ0n) is 10.8. The maximum absolute atomic E-state index is 10.5. The van der Waals surface area contributed by atoms with Crippen LogP contribution in [0.25, 0.3) is 0 Å². The molecule has 100 valence electrons. The summed E-state index contributed by atoms with van der Waals surface area (Å²) in [6.45, 7) is 0. The number of benzene rings is 2. The summed E-state index contributed by atoms with van der Waals surface area (Å²) in [7, 11) is 3.15. The number of methoxy groups -OCH3 is 2. The fourth-order valence-electron chi connectivity index (χ4n) is 1.96. The van der Waals surface area contributed by atoms with Crippen LogP contribution in [0.4, 0.5) is 0 Å². The first-order valence-electron chi connectivity index (χ1n) is 5.81. The summed E-state index contributed by atoms with van der Waals surface area (Å²) in [5, 5.41) is 10.5. The molecule has 0 radical (unpaired) electrons. The molecule has 0 heterocycles. The first-order chi connectivity index (χ1) is 9.17. The molecule has 4 heteroatoms. The minimum absolute atomic E-state index is 0.606. The topological polar surface area (TPSA) is 38.7 Å². The van der Waals surface area contributed by atoms with Gasteiger partial charge in [0, 0.05) is 4.47 Å². The van der Waals surface area contributed by atoms with E-state index in [-0.39, 0.29) is 0 Å². The van der Waals surface area contributed by atoms with E-state index in [2.05, 4.69) is 15.9 Å². The molecule has 0 aliphatic heterocycles. The largest absolute Gasteiger partial charge is 0.496 e. The maximum Gasteiger partial charge on any atom is 0.128 e. The Morgan fingerprint density at radius 3 is 1.95 bits per heavy atom. The van der Waals surface area contributed by atoms with Gasteiger partial charge in [-0.15, -0.1) is 0 Å². The van der Waals surface area contributed by atoms with Crippen molar-refractivity contribution in [3.05, 3.63) is 58.1 Å². The molecule has 0 spiro atoms. The van der Waals surface area contributed by atoms with E-state index in [4.69, 9.17) is 9.47 Å². The van der Waals surface area contributed by atoms with Gasteiger partial charge in [0.15, 0.2) is 0 Å². The lowest BCUT2D eigenvalue weighted by atomic mass is 10.00. The standard InChI is InChI=1S/C15H15BrO3/c1-18-12-4-3-5-13(19-2)14(12)15(17)10-6-8-11(16)9-7-10/h3-9,15,17H,1-2H3. The van der Waals surface area contributed by atoms with Gasteiger partial charge in [-0.25, -0.2) is 0 Å². The number of hydrogen-bond acceptors (Lipinski definition) is 3. The number of halogens is 1. The first-order valence-corrected chi connectivity index (χ1v) is 6.61. The smallest absolute Gasteiger partial charge is 0.128 e. The van der Waals surface area contributed by atoms with Crippen LogP contribution < -0.4 is 9.47 Å². The lowest BCUT2D eigenvalue weighted by Gasteiger charge is -2.18. The molecule has 0 fully saturated rings. The normalized spacial score (nSPS) is 12.0. The highest BCUT2D eigenvalue weighted by Gasteiger charge is 2.20. The summed E-state index contributed by atoms with van der Waals surface area (Å²) in [5.74, 6) is 1.21. The van der Waals surface area contributed by atoms with E-state index in [9.17, 15) is 5.11 Å². The van der Waals surface area contributed by atoms with Crippen LogP contribution >= 0.6 is 15.9 Å². The Kier molecular flexibility index (Phi) is 4.45. The van der Waals surface area contributed by atoms with Crippen LogP contribution in [-0.4, -0.2) is 19.3 Å². The molecule has 1 atom stereocenters. The van der Waals surface area contributed by atoms with Crippen LogP contribution in [0.1, 0.15) is 17.2 Å². The zero-order valence-corrected chi connectivity index (χ0v) is 12.3. The molecule has 0 bridgehead atoms. The first kappa shape index (κ1) is 13.9. The van der Waals surface area contributed by atoms with Gasteiger partial charge in [0.05, 0.1) is 19.8 Å². The molecule has 3 nitrogen and oxygen atoms in total. The highest BCUT2D eigenvalue weighted by Crippen LogP contribution is 2.37. The summed E-state index contributed by atoms with van der Waals surface area (Å²) in [4.78, 5) is 0. The summed E-state index contributed by atoms with van der Waals surface area (Å²) < 4.78 is 11.6. The van der Waals surface area contributed by atoms with Crippen molar-refractivity contribution in [2.75, 3.05) is 14.2 Å². The second-order valence-corrected chi connectivity index (χ2v) is 4.95. The summed E-state index contributed by atoms with van der Waals surface area (Å²) in [5.41, 5.74) is 1.42.